The first kappa shape index (κ1) is 13.7. The minimum absolute atomic E-state index is 0.0578. The molecule has 0 amide bonds. The van der Waals surface area contributed by atoms with Crippen LogP contribution in [0.15, 0.2) is 0 Å². The second-order valence-corrected chi connectivity index (χ2v) is 5.65. The largest absolute Gasteiger partial charge is 0.425 e. The van der Waals surface area contributed by atoms with Crippen LogP contribution >= 0.6 is 34.8 Å². The average Bonchev–Trinajstić information content (AvgIpc) is 2.00. The molecule has 78 valence electrons. The quantitative estimate of drug-likeness (QED) is 0.535. The molecular formula is C7H13Cl3O2Si. The van der Waals surface area contributed by atoms with Gasteiger partial charge in [-0.3, -0.25) is 4.79 Å². The van der Waals surface area contributed by atoms with Crippen molar-refractivity contribution in [2.45, 2.75) is 29.5 Å². The summed E-state index contributed by atoms with van der Waals surface area (Å²) in [4.78, 5) is 10.8. The first-order valence-electron chi connectivity index (χ1n) is 3.90. The number of carbonyl (C=O) groups is 1. The Bertz CT molecular complexity index is 175. The van der Waals surface area contributed by atoms with Gasteiger partial charge in [-0.2, -0.15) is 0 Å². The third-order valence-electron chi connectivity index (χ3n) is 1.56. The SMILES string of the molecule is CC(=O)C(Cl)CCC(Cl)(Cl)CO[SiH3]. The van der Waals surface area contributed by atoms with Crippen molar-refractivity contribution in [3.8, 4) is 0 Å². The number of hydrogen-bond donors (Lipinski definition) is 0. The van der Waals surface area contributed by atoms with Crippen molar-refractivity contribution >= 4 is 51.1 Å². The molecule has 0 fully saturated rings. The molecule has 0 spiro atoms. The lowest BCUT2D eigenvalue weighted by Gasteiger charge is -2.19. The van der Waals surface area contributed by atoms with Gasteiger partial charge in [0.2, 0.25) is 0 Å². The second kappa shape index (κ2) is 6.25. The Labute approximate surface area is 96.4 Å². The van der Waals surface area contributed by atoms with Crippen molar-refractivity contribution in [1.29, 1.82) is 0 Å². The van der Waals surface area contributed by atoms with Crippen LogP contribution in [0.3, 0.4) is 0 Å². The first-order chi connectivity index (χ1) is 5.89. The summed E-state index contributed by atoms with van der Waals surface area (Å²) in [5.74, 6) is -0.0578. The van der Waals surface area contributed by atoms with E-state index in [0.717, 1.165) is 0 Å². The molecule has 0 aliphatic rings. The van der Waals surface area contributed by atoms with Gasteiger partial charge in [0.25, 0.3) is 0 Å². The van der Waals surface area contributed by atoms with Gasteiger partial charge >= 0.3 is 0 Å². The topological polar surface area (TPSA) is 26.3 Å². The molecule has 0 heterocycles. The molecular weight excluding hydrogens is 251 g/mol. The Morgan fingerprint density at radius 2 is 2.15 bits per heavy atom. The monoisotopic (exact) mass is 262 g/mol. The second-order valence-electron chi connectivity index (χ2n) is 2.91. The normalized spacial score (nSPS) is 14.5. The van der Waals surface area contributed by atoms with E-state index >= 15 is 0 Å². The van der Waals surface area contributed by atoms with Crippen molar-refractivity contribution in [1.82, 2.24) is 0 Å². The minimum atomic E-state index is -0.912. The standard InChI is InChI=1S/C7H13Cl3O2Si/c1-5(11)6(8)2-3-7(9,10)4-12-13/h6H,2-4H2,1,13H3. The number of rotatable bonds is 6. The van der Waals surface area contributed by atoms with Crippen LogP contribution in [0.4, 0.5) is 0 Å². The predicted molar refractivity (Wildman–Crippen MR) is 59.9 cm³/mol. The van der Waals surface area contributed by atoms with Crippen LogP contribution in [-0.2, 0) is 9.22 Å². The molecule has 0 aromatic heterocycles. The summed E-state index contributed by atoms with van der Waals surface area (Å²) in [7, 11) is 0.601. The smallest absolute Gasteiger partial charge is 0.147 e. The van der Waals surface area contributed by atoms with Crippen molar-refractivity contribution in [3.63, 3.8) is 0 Å². The fourth-order valence-electron chi connectivity index (χ4n) is 0.824. The van der Waals surface area contributed by atoms with Crippen LogP contribution in [0.5, 0.6) is 0 Å². The molecule has 0 N–H and O–H groups in total. The van der Waals surface area contributed by atoms with Gasteiger partial charge in [0.1, 0.15) is 20.6 Å². The summed E-state index contributed by atoms with van der Waals surface area (Å²) < 4.78 is 4.03. The highest BCUT2D eigenvalue weighted by Gasteiger charge is 2.25. The lowest BCUT2D eigenvalue weighted by molar-refractivity contribution is -0.116. The zero-order valence-electron chi connectivity index (χ0n) is 7.65. The summed E-state index contributed by atoms with van der Waals surface area (Å²) in [5.41, 5.74) is 0. The number of carbonyl (C=O) groups excluding carboxylic acids is 1. The molecule has 13 heavy (non-hydrogen) atoms. The van der Waals surface area contributed by atoms with Gasteiger partial charge in [-0.15, -0.1) is 11.6 Å². The Morgan fingerprint density at radius 3 is 2.54 bits per heavy atom. The Balaban J connectivity index is 3.80. The van der Waals surface area contributed by atoms with Crippen LogP contribution in [0.25, 0.3) is 0 Å². The van der Waals surface area contributed by atoms with Crippen molar-refractivity contribution in [2.24, 2.45) is 0 Å². The maximum atomic E-state index is 10.8. The lowest BCUT2D eigenvalue weighted by Crippen LogP contribution is -2.23. The molecule has 0 aromatic rings. The van der Waals surface area contributed by atoms with Crippen LogP contribution < -0.4 is 0 Å². The van der Waals surface area contributed by atoms with E-state index in [1.807, 2.05) is 0 Å². The minimum Gasteiger partial charge on any atom is -0.425 e. The van der Waals surface area contributed by atoms with Crippen LogP contribution in [0.2, 0.25) is 0 Å². The maximum absolute atomic E-state index is 10.8. The summed E-state index contributed by atoms with van der Waals surface area (Å²) >= 11 is 17.5. The Hall–Kier alpha value is 0.717. The number of halogens is 3. The van der Waals surface area contributed by atoms with Crippen LogP contribution in [0.1, 0.15) is 19.8 Å². The first-order valence-corrected chi connectivity index (χ1v) is 5.91. The van der Waals surface area contributed by atoms with E-state index in [4.69, 9.17) is 39.2 Å². The summed E-state index contributed by atoms with van der Waals surface area (Å²) in [6, 6.07) is 0. The van der Waals surface area contributed by atoms with Gasteiger partial charge in [0.15, 0.2) is 0 Å². The zero-order chi connectivity index (χ0) is 10.5. The number of alkyl halides is 3. The van der Waals surface area contributed by atoms with E-state index in [1.54, 1.807) is 0 Å². The molecule has 0 saturated carbocycles. The van der Waals surface area contributed by atoms with E-state index in [-0.39, 0.29) is 5.78 Å². The van der Waals surface area contributed by atoms with Gasteiger partial charge in [-0.1, -0.05) is 23.2 Å². The fraction of sp³-hybridized carbons (Fsp3) is 0.857. The molecule has 0 saturated heterocycles. The molecule has 0 aromatic carbocycles. The highest BCUT2D eigenvalue weighted by atomic mass is 35.5. The van der Waals surface area contributed by atoms with Gasteiger partial charge in [0, 0.05) is 0 Å². The molecule has 0 rings (SSSR count). The van der Waals surface area contributed by atoms with Gasteiger partial charge in [-0.05, 0) is 19.8 Å². The maximum Gasteiger partial charge on any atom is 0.147 e. The highest BCUT2D eigenvalue weighted by molar-refractivity contribution is 6.48. The fourth-order valence-corrected chi connectivity index (χ4v) is 2.23. The molecule has 0 aliphatic carbocycles. The van der Waals surface area contributed by atoms with Gasteiger partial charge in [0.05, 0.1) is 12.0 Å². The average molecular weight is 264 g/mol. The molecule has 0 aliphatic heterocycles. The van der Waals surface area contributed by atoms with E-state index in [0.29, 0.717) is 29.9 Å². The molecule has 6 heteroatoms. The van der Waals surface area contributed by atoms with Crippen molar-refractivity contribution < 1.29 is 9.22 Å². The summed E-state index contributed by atoms with van der Waals surface area (Å²) in [5, 5.41) is -0.494. The van der Waals surface area contributed by atoms with Gasteiger partial charge in [-0.25, -0.2) is 0 Å². The van der Waals surface area contributed by atoms with Gasteiger partial charge < -0.3 is 4.43 Å². The zero-order valence-corrected chi connectivity index (χ0v) is 11.9. The third kappa shape index (κ3) is 6.74. The van der Waals surface area contributed by atoms with Crippen molar-refractivity contribution in [3.05, 3.63) is 0 Å². The van der Waals surface area contributed by atoms with E-state index in [9.17, 15) is 4.79 Å². The third-order valence-corrected chi connectivity index (χ3v) is 2.97. The van der Waals surface area contributed by atoms with Crippen molar-refractivity contribution in [2.75, 3.05) is 6.61 Å². The molecule has 0 bridgehead atoms. The van der Waals surface area contributed by atoms with E-state index < -0.39 is 9.71 Å². The molecule has 1 unspecified atom stereocenters. The number of ketones is 1. The Morgan fingerprint density at radius 1 is 1.62 bits per heavy atom. The molecule has 1 atom stereocenters. The van der Waals surface area contributed by atoms with Crippen LogP contribution in [0, 0.1) is 0 Å². The number of hydrogen-bond acceptors (Lipinski definition) is 2. The van der Waals surface area contributed by atoms with Crippen LogP contribution in [-0.4, -0.2) is 32.6 Å². The number of Topliss-reactive ketones (excluding diaryl/α,β-unsaturated/α-hetero) is 1. The summed E-state index contributed by atoms with van der Waals surface area (Å²) in [6.45, 7) is 1.74. The predicted octanol–water partition coefficient (Wildman–Crippen LogP) is 1.43. The molecule has 0 radical (unpaired) electrons. The highest BCUT2D eigenvalue weighted by Crippen LogP contribution is 2.28. The molecule has 2 nitrogen and oxygen atoms in total. The lowest BCUT2D eigenvalue weighted by atomic mass is 10.1. The Kier molecular flexibility index (Phi) is 6.59. The van der Waals surface area contributed by atoms with E-state index in [1.165, 1.54) is 6.92 Å². The van der Waals surface area contributed by atoms with E-state index in [2.05, 4.69) is 0 Å². The summed E-state index contributed by atoms with van der Waals surface area (Å²) in [6.07, 6.45) is 0.945.